The van der Waals surface area contributed by atoms with Crippen LogP contribution in [-0.2, 0) is 25.8 Å². The molecule has 138 valence electrons. The van der Waals surface area contributed by atoms with Crippen molar-refractivity contribution in [1.29, 1.82) is 0 Å². The van der Waals surface area contributed by atoms with Gasteiger partial charge in [-0.05, 0) is 24.1 Å². The number of hydrogen-bond acceptors (Lipinski definition) is 3. The third kappa shape index (κ3) is 4.20. The van der Waals surface area contributed by atoms with Crippen LogP contribution in [0, 0.1) is 0 Å². The maximum atomic E-state index is 6.08. The van der Waals surface area contributed by atoms with Crippen molar-refractivity contribution in [3.8, 4) is 11.3 Å². The molecule has 1 aromatic heterocycles. The Labute approximate surface area is 166 Å². The molecule has 0 aliphatic carbocycles. The number of halogens is 1. The van der Waals surface area contributed by atoms with Gasteiger partial charge in [0.15, 0.2) is 0 Å². The molecule has 0 atom stereocenters. The maximum Gasteiger partial charge on any atom is 0.129 e. The molecule has 0 unspecified atom stereocenters. The van der Waals surface area contributed by atoms with Gasteiger partial charge in [-0.15, -0.1) is 0 Å². The first kappa shape index (κ1) is 18.1. The highest BCUT2D eigenvalue weighted by atomic mass is 35.5. The van der Waals surface area contributed by atoms with Crippen LogP contribution in [0.2, 0.25) is 5.02 Å². The van der Waals surface area contributed by atoms with Gasteiger partial charge >= 0.3 is 0 Å². The number of fused-ring (bicyclic) bond motifs is 1. The zero-order chi connectivity index (χ0) is 18.6. The highest BCUT2D eigenvalue weighted by Crippen LogP contribution is 2.28. The summed E-state index contributed by atoms with van der Waals surface area (Å²) >= 11 is 6.08. The van der Waals surface area contributed by atoms with Gasteiger partial charge in [-0.25, -0.2) is 9.97 Å². The molecule has 27 heavy (non-hydrogen) atoms. The molecule has 1 aliphatic heterocycles. The predicted molar refractivity (Wildman–Crippen MR) is 111 cm³/mol. The molecule has 3 nitrogen and oxygen atoms in total. The van der Waals surface area contributed by atoms with E-state index in [1.54, 1.807) is 0 Å². The first-order valence-electron chi connectivity index (χ1n) is 9.64. The van der Waals surface area contributed by atoms with E-state index in [0.717, 1.165) is 61.0 Å². The third-order valence-corrected chi connectivity index (χ3v) is 5.42. The van der Waals surface area contributed by atoms with Crippen molar-refractivity contribution in [3.05, 3.63) is 82.3 Å². The molecule has 4 heteroatoms. The number of benzene rings is 2. The number of aromatic nitrogens is 2. The van der Waals surface area contributed by atoms with Gasteiger partial charge in [-0.3, -0.25) is 4.90 Å². The average molecular weight is 378 g/mol. The second kappa shape index (κ2) is 8.20. The molecular weight excluding hydrogens is 354 g/mol. The Hall–Kier alpha value is -2.23. The Morgan fingerprint density at radius 2 is 1.67 bits per heavy atom. The first-order valence-corrected chi connectivity index (χ1v) is 10.0. The van der Waals surface area contributed by atoms with E-state index in [1.807, 2.05) is 12.1 Å². The van der Waals surface area contributed by atoms with Crippen LogP contribution in [0.5, 0.6) is 0 Å². The molecule has 0 fully saturated rings. The Balaban J connectivity index is 1.63. The van der Waals surface area contributed by atoms with Crippen LogP contribution in [0.3, 0.4) is 0 Å². The summed E-state index contributed by atoms with van der Waals surface area (Å²) in [6.45, 7) is 5.16. The summed E-state index contributed by atoms with van der Waals surface area (Å²) in [4.78, 5) is 12.3. The quantitative estimate of drug-likeness (QED) is 0.643. The van der Waals surface area contributed by atoms with E-state index in [9.17, 15) is 0 Å². The second-order valence-electron chi connectivity index (χ2n) is 7.04. The predicted octanol–water partition coefficient (Wildman–Crippen LogP) is 4.96. The van der Waals surface area contributed by atoms with Gasteiger partial charge in [-0.1, -0.05) is 61.0 Å². The van der Waals surface area contributed by atoms with Gasteiger partial charge < -0.3 is 0 Å². The Bertz CT molecular complexity index is 907. The SMILES string of the molecule is CCc1nc2c(c(-c3ccc(Cl)cc3)n1)CCN(Cc1ccccc1)CC2. The summed E-state index contributed by atoms with van der Waals surface area (Å²) in [5.41, 5.74) is 6.08. The standard InChI is InChI=1S/C23H24ClN3/c1-2-22-25-21-13-15-27(16-17-6-4-3-5-7-17)14-12-20(21)23(26-22)18-8-10-19(24)11-9-18/h3-11H,2,12-16H2,1H3. The van der Waals surface area contributed by atoms with Crippen LogP contribution in [0.1, 0.15) is 29.6 Å². The van der Waals surface area contributed by atoms with Crippen LogP contribution in [0.25, 0.3) is 11.3 Å². The highest BCUT2D eigenvalue weighted by molar-refractivity contribution is 6.30. The lowest BCUT2D eigenvalue weighted by atomic mass is 10.0. The number of nitrogens with zero attached hydrogens (tertiary/aromatic N) is 3. The first-order chi connectivity index (χ1) is 13.2. The van der Waals surface area contributed by atoms with Crippen molar-refractivity contribution >= 4 is 11.6 Å². The summed E-state index contributed by atoms with van der Waals surface area (Å²) in [6, 6.07) is 18.7. The molecule has 0 saturated carbocycles. The lowest BCUT2D eigenvalue weighted by Gasteiger charge is -2.19. The fraction of sp³-hybridized carbons (Fsp3) is 0.304. The third-order valence-electron chi connectivity index (χ3n) is 5.16. The molecule has 0 spiro atoms. The smallest absolute Gasteiger partial charge is 0.129 e. The molecule has 0 radical (unpaired) electrons. The van der Waals surface area contributed by atoms with Crippen molar-refractivity contribution < 1.29 is 0 Å². The largest absolute Gasteiger partial charge is 0.298 e. The molecule has 4 rings (SSSR count). The van der Waals surface area contributed by atoms with Crippen LogP contribution in [0.4, 0.5) is 0 Å². The topological polar surface area (TPSA) is 29.0 Å². The fourth-order valence-electron chi connectivity index (χ4n) is 3.70. The maximum absolute atomic E-state index is 6.08. The lowest BCUT2D eigenvalue weighted by molar-refractivity contribution is 0.279. The summed E-state index contributed by atoms with van der Waals surface area (Å²) in [7, 11) is 0. The second-order valence-corrected chi connectivity index (χ2v) is 7.47. The summed E-state index contributed by atoms with van der Waals surface area (Å²) in [6.07, 6.45) is 2.80. The molecule has 0 amide bonds. The number of rotatable bonds is 4. The van der Waals surface area contributed by atoms with Gasteiger partial charge in [0, 0.05) is 54.3 Å². The Kier molecular flexibility index (Phi) is 5.51. The molecule has 0 N–H and O–H groups in total. The van der Waals surface area contributed by atoms with E-state index in [0.29, 0.717) is 0 Å². The Morgan fingerprint density at radius 1 is 0.926 bits per heavy atom. The van der Waals surface area contributed by atoms with E-state index in [4.69, 9.17) is 21.6 Å². The van der Waals surface area contributed by atoms with E-state index in [1.165, 1.54) is 16.8 Å². The van der Waals surface area contributed by atoms with E-state index in [2.05, 4.69) is 54.3 Å². The molecule has 2 aromatic carbocycles. The van der Waals surface area contributed by atoms with Crippen LogP contribution < -0.4 is 0 Å². The zero-order valence-electron chi connectivity index (χ0n) is 15.7. The van der Waals surface area contributed by atoms with E-state index < -0.39 is 0 Å². The summed E-state index contributed by atoms with van der Waals surface area (Å²) in [5.74, 6) is 0.926. The van der Waals surface area contributed by atoms with Crippen molar-refractivity contribution in [2.45, 2.75) is 32.7 Å². The van der Waals surface area contributed by atoms with Crippen LogP contribution in [-0.4, -0.2) is 28.0 Å². The van der Waals surface area contributed by atoms with Gasteiger partial charge in [-0.2, -0.15) is 0 Å². The van der Waals surface area contributed by atoms with Gasteiger partial charge in [0.2, 0.25) is 0 Å². The molecule has 0 saturated heterocycles. The summed E-state index contributed by atoms with van der Waals surface area (Å²) in [5, 5.41) is 0.753. The van der Waals surface area contributed by atoms with E-state index in [-0.39, 0.29) is 0 Å². The average Bonchev–Trinajstić information content (AvgIpc) is 2.91. The van der Waals surface area contributed by atoms with Crippen molar-refractivity contribution in [3.63, 3.8) is 0 Å². The van der Waals surface area contributed by atoms with Crippen molar-refractivity contribution in [1.82, 2.24) is 14.9 Å². The van der Waals surface area contributed by atoms with Crippen molar-refractivity contribution in [2.75, 3.05) is 13.1 Å². The van der Waals surface area contributed by atoms with Gasteiger partial charge in [0.25, 0.3) is 0 Å². The molecular formula is C23H24ClN3. The van der Waals surface area contributed by atoms with Crippen LogP contribution in [0.15, 0.2) is 54.6 Å². The lowest BCUT2D eigenvalue weighted by Crippen LogP contribution is -2.25. The van der Waals surface area contributed by atoms with E-state index >= 15 is 0 Å². The fourth-order valence-corrected chi connectivity index (χ4v) is 3.83. The number of hydrogen-bond donors (Lipinski definition) is 0. The van der Waals surface area contributed by atoms with Gasteiger partial charge in [0.1, 0.15) is 5.82 Å². The molecule has 1 aliphatic rings. The normalized spacial score (nSPS) is 14.6. The molecule has 2 heterocycles. The number of aryl methyl sites for hydroxylation is 1. The zero-order valence-corrected chi connectivity index (χ0v) is 16.4. The molecule has 3 aromatic rings. The Morgan fingerprint density at radius 3 is 2.41 bits per heavy atom. The van der Waals surface area contributed by atoms with Gasteiger partial charge in [0.05, 0.1) is 5.69 Å². The minimum atomic E-state index is 0.753. The minimum Gasteiger partial charge on any atom is -0.298 e. The monoisotopic (exact) mass is 377 g/mol. The summed E-state index contributed by atoms with van der Waals surface area (Å²) < 4.78 is 0. The minimum absolute atomic E-state index is 0.753. The highest BCUT2D eigenvalue weighted by Gasteiger charge is 2.20. The van der Waals surface area contributed by atoms with Crippen LogP contribution >= 0.6 is 11.6 Å². The molecule has 0 bridgehead atoms. The van der Waals surface area contributed by atoms with Crippen molar-refractivity contribution in [2.24, 2.45) is 0 Å².